The van der Waals surface area contributed by atoms with Crippen LogP contribution in [0.5, 0.6) is 11.5 Å². The van der Waals surface area contributed by atoms with Gasteiger partial charge in [-0.15, -0.1) is 0 Å². The van der Waals surface area contributed by atoms with Crippen LogP contribution in [0.2, 0.25) is 0 Å². The number of aryl methyl sites for hydroxylation is 1. The smallest absolute Gasteiger partial charge is 0.227 e. The van der Waals surface area contributed by atoms with Crippen molar-refractivity contribution in [1.29, 1.82) is 0 Å². The quantitative estimate of drug-likeness (QED) is 0.0784. The molecule has 0 radical (unpaired) electrons. The summed E-state index contributed by atoms with van der Waals surface area (Å²) in [7, 11) is 0. The lowest BCUT2D eigenvalue weighted by Gasteiger charge is -2.17. The number of hydrogen-bond acceptors (Lipinski definition) is 8. The van der Waals surface area contributed by atoms with E-state index in [9.17, 15) is 20.1 Å². The highest BCUT2D eigenvalue weighted by atomic mass is 16.5. The van der Waals surface area contributed by atoms with Gasteiger partial charge in [0, 0.05) is 31.2 Å². The highest BCUT2D eigenvalue weighted by molar-refractivity contribution is 5.87. The third kappa shape index (κ3) is 10.4. The van der Waals surface area contributed by atoms with Crippen molar-refractivity contribution in [2.75, 3.05) is 19.8 Å². The van der Waals surface area contributed by atoms with Gasteiger partial charge in [-0.3, -0.25) is 20.0 Å². The number of rotatable bonds is 20. The van der Waals surface area contributed by atoms with Gasteiger partial charge in [0.15, 0.2) is 11.5 Å². The molecule has 3 aromatic rings. The number of carbonyl (C=O) groups excluding carboxylic acids is 1. The molecule has 3 atom stereocenters. The van der Waals surface area contributed by atoms with Crippen LogP contribution in [-0.2, 0) is 30.7 Å². The van der Waals surface area contributed by atoms with E-state index in [0.29, 0.717) is 44.7 Å². The number of quaternary nitrogens is 1. The van der Waals surface area contributed by atoms with Crippen LogP contribution in [0.15, 0.2) is 94.8 Å². The standard InChI is InChI=1S/C40H50N4O5/c1-2-3-5-10-34(46)22-35(47)15-11-29-12-16-38(48)39(19-29)49-27-44-24-36-33(23-43-37(36)25-44)21-32-20-30(13-14-31(32)26-45)40(41)42-18-17-28-8-6-4-7-9-28/h4,6-9,12-14,16,19-20,23,25,34,40,42,45-46,48H,2-3,5,10-11,15,17-18,21-22,24,26-27,41H2,1H3/p+1/t34-,40-/m1/s1. The van der Waals surface area contributed by atoms with E-state index in [1.165, 1.54) is 5.56 Å². The Balaban J connectivity index is 1.14. The maximum absolute atomic E-state index is 12.4. The van der Waals surface area contributed by atoms with Gasteiger partial charge >= 0.3 is 0 Å². The second-order valence-corrected chi connectivity index (χ2v) is 13.1. The molecule has 49 heavy (non-hydrogen) atoms. The summed E-state index contributed by atoms with van der Waals surface area (Å²) in [5.41, 5.74) is 14.7. The van der Waals surface area contributed by atoms with Gasteiger partial charge in [-0.1, -0.05) is 80.8 Å². The van der Waals surface area contributed by atoms with E-state index >= 15 is 0 Å². The van der Waals surface area contributed by atoms with Crippen molar-refractivity contribution >= 4 is 12.0 Å². The zero-order valence-corrected chi connectivity index (χ0v) is 28.5. The van der Waals surface area contributed by atoms with Crippen LogP contribution >= 0.6 is 0 Å². The molecule has 2 heterocycles. The highest BCUT2D eigenvalue weighted by Crippen LogP contribution is 2.29. The van der Waals surface area contributed by atoms with Crippen molar-refractivity contribution in [1.82, 2.24) is 5.32 Å². The summed E-state index contributed by atoms with van der Waals surface area (Å²) in [6.07, 6.45) is 9.35. The summed E-state index contributed by atoms with van der Waals surface area (Å²) >= 11 is 0. The van der Waals surface area contributed by atoms with Gasteiger partial charge < -0.3 is 25.8 Å². The maximum atomic E-state index is 12.4. The van der Waals surface area contributed by atoms with Crippen molar-refractivity contribution in [2.24, 2.45) is 10.7 Å². The Morgan fingerprint density at radius 2 is 1.88 bits per heavy atom. The number of nitrogens with zero attached hydrogens (tertiary/aromatic N) is 1. The lowest BCUT2D eigenvalue weighted by atomic mass is 9.95. The molecule has 2 aliphatic heterocycles. The van der Waals surface area contributed by atoms with Gasteiger partial charge in [0.2, 0.25) is 6.73 Å². The molecule has 0 bridgehead atoms. The van der Waals surface area contributed by atoms with Crippen LogP contribution in [0, 0.1) is 0 Å². The molecule has 5 rings (SSSR count). The molecular weight excluding hydrogens is 616 g/mol. The molecule has 3 aromatic carbocycles. The summed E-state index contributed by atoms with van der Waals surface area (Å²) in [5.74, 6) is 0.471. The predicted octanol–water partition coefficient (Wildman–Crippen LogP) is 4.21. The molecule has 260 valence electrons. The van der Waals surface area contributed by atoms with Crippen molar-refractivity contribution in [3.8, 4) is 11.5 Å². The van der Waals surface area contributed by atoms with Crippen LogP contribution in [0.1, 0.15) is 79.4 Å². The van der Waals surface area contributed by atoms with Crippen molar-refractivity contribution in [3.63, 3.8) is 0 Å². The lowest BCUT2D eigenvalue weighted by Crippen LogP contribution is -3.07. The minimum Gasteiger partial charge on any atom is -0.504 e. The topological polar surface area (TPSA) is 142 Å². The normalized spacial score (nSPS) is 16.5. The van der Waals surface area contributed by atoms with Gasteiger partial charge in [0.05, 0.1) is 18.9 Å². The molecule has 0 spiro atoms. The van der Waals surface area contributed by atoms with Gasteiger partial charge in [0.25, 0.3) is 0 Å². The Morgan fingerprint density at radius 3 is 2.67 bits per heavy atom. The largest absolute Gasteiger partial charge is 0.504 e. The number of carbonyl (C=O) groups is 1. The molecule has 0 aliphatic carbocycles. The molecule has 7 N–H and O–H groups in total. The monoisotopic (exact) mass is 667 g/mol. The minimum absolute atomic E-state index is 0.0417. The molecule has 0 saturated carbocycles. The third-order valence-corrected chi connectivity index (χ3v) is 9.30. The maximum Gasteiger partial charge on any atom is 0.227 e. The van der Waals surface area contributed by atoms with Crippen molar-refractivity contribution < 1.29 is 29.8 Å². The summed E-state index contributed by atoms with van der Waals surface area (Å²) in [6, 6.07) is 21.5. The lowest BCUT2D eigenvalue weighted by molar-refractivity contribution is -0.855. The number of aliphatic imine (C=N–C) groups is 1. The number of hydrogen-bond donors (Lipinski definition) is 6. The van der Waals surface area contributed by atoms with E-state index in [4.69, 9.17) is 10.5 Å². The first-order valence-electron chi connectivity index (χ1n) is 17.6. The number of ketones is 1. The summed E-state index contributed by atoms with van der Waals surface area (Å²) < 4.78 is 6.06. The van der Waals surface area contributed by atoms with Crippen LogP contribution in [0.25, 0.3) is 0 Å². The average Bonchev–Trinajstić information content (AvgIpc) is 3.69. The number of aliphatic hydroxyl groups excluding tert-OH is 2. The minimum atomic E-state index is -0.576. The molecule has 0 aromatic heterocycles. The Kier molecular flexibility index (Phi) is 13.3. The third-order valence-electron chi connectivity index (χ3n) is 9.30. The highest BCUT2D eigenvalue weighted by Gasteiger charge is 2.29. The molecular formula is C40H51N4O5+. The zero-order valence-electron chi connectivity index (χ0n) is 28.5. The number of ether oxygens (including phenoxy) is 1. The number of aliphatic hydroxyl groups is 2. The van der Waals surface area contributed by atoms with Gasteiger partial charge in [0.1, 0.15) is 24.2 Å². The Bertz CT molecular complexity index is 1650. The van der Waals surface area contributed by atoms with E-state index < -0.39 is 6.10 Å². The van der Waals surface area contributed by atoms with E-state index in [1.807, 2.05) is 42.7 Å². The van der Waals surface area contributed by atoms with Gasteiger partial charge in [-0.25, -0.2) is 0 Å². The van der Waals surface area contributed by atoms with Crippen LogP contribution < -0.4 is 20.7 Å². The number of benzene rings is 3. The van der Waals surface area contributed by atoms with E-state index in [-0.39, 0.29) is 30.7 Å². The molecule has 0 saturated heterocycles. The number of phenols is 1. The van der Waals surface area contributed by atoms with Crippen molar-refractivity contribution in [2.45, 2.75) is 83.6 Å². The second kappa shape index (κ2) is 18.0. The first kappa shape index (κ1) is 36.2. The summed E-state index contributed by atoms with van der Waals surface area (Å²) in [6.45, 7) is 3.81. The zero-order chi connectivity index (χ0) is 34.6. The van der Waals surface area contributed by atoms with E-state index in [2.05, 4.69) is 35.4 Å². The Labute approximate surface area is 289 Å². The molecule has 9 heteroatoms. The number of phenolic OH excluding ortho intramolecular Hbond substituents is 1. The van der Waals surface area contributed by atoms with Gasteiger partial charge in [-0.05, 0) is 71.2 Å². The molecule has 9 nitrogen and oxygen atoms in total. The SMILES string of the molecule is CCCCC[C@@H](O)CC(=O)CCc1ccc(O)c(OC[NH+]2C=C3N=CC(Cc4cc([C@H](N)NCCc5ccccc5)ccc4CO)=C3C2)c1. The summed E-state index contributed by atoms with van der Waals surface area (Å²) in [4.78, 5) is 18.1. The fraction of sp³-hybridized carbons (Fsp3) is 0.400. The number of unbranched alkanes of at least 4 members (excludes halogenated alkanes) is 2. The average molecular weight is 668 g/mol. The number of nitrogens with one attached hydrogen (secondary N) is 2. The van der Waals surface area contributed by atoms with E-state index in [1.54, 1.807) is 18.2 Å². The molecule has 0 amide bonds. The van der Waals surface area contributed by atoms with E-state index in [0.717, 1.165) is 76.2 Å². The van der Waals surface area contributed by atoms with Crippen molar-refractivity contribution in [3.05, 3.63) is 118 Å². The Hall–Kier alpha value is -4.12. The first-order chi connectivity index (χ1) is 23.8. The number of fused-ring (bicyclic) bond motifs is 1. The molecule has 1 unspecified atom stereocenters. The number of nitrogens with two attached hydrogens (primary N) is 1. The summed E-state index contributed by atoms with van der Waals surface area (Å²) in [5, 5.41) is 34.1. The number of allylic oxidation sites excluding steroid dienone is 1. The second-order valence-electron chi connectivity index (χ2n) is 13.1. The van der Waals surface area contributed by atoms with Crippen LogP contribution in [-0.4, -0.2) is 53.2 Å². The predicted molar refractivity (Wildman–Crippen MR) is 192 cm³/mol. The molecule has 0 fully saturated rings. The number of aromatic hydroxyl groups is 1. The fourth-order valence-electron chi connectivity index (χ4n) is 6.39. The number of Topliss-reactive ketones (excluding diaryl/α,β-unsaturated/α-hetero) is 1. The van der Waals surface area contributed by atoms with Crippen LogP contribution in [0.4, 0.5) is 0 Å². The Morgan fingerprint density at radius 1 is 1.04 bits per heavy atom. The fourth-order valence-corrected chi connectivity index (χ4v) is 6.39. The van der Waals surface area contributed by atoms with Gasteiger partial charge in [-0.2, -0.15) is 0 Å². The van der Waals surface area contributed by atoms with Crippen LogP contribution in [0.3, 0.4) is 0 Å². The molecule has 2 aliphatic rings. The first-order valence-corrected chi connectivity index (χ1v) is 17.6.